The molecule has 1 aromatic rings. The van der Waals surface area contributed by atoms with E-state index in [4.69, 9.17) is 5.26 Å². The monoisotopic (exact) mass is 234 g/mol. The molecule has 0 saturated carbocycles. The van der Waals surface area contributed by atoms with Gasteiger partial charge >= 0.3 is 0 Å². The summed E-state index contributed by atoms with van der Waals surface area (Å²) < 4.78 is 13.5. The van der Waals surface area contributed by atoms with Crippen LogP contribution in [0.25, 0.3) is 0 Å². The number of halogens is 1. The summed E-state index contributed by atoms with van der Waals surface area (Å²) in [5.41, 5.74) is 0.891. The maximum absolute atomic E-state index is 13.5. The summed E-state index contributed by atoms with van der Waals surface area (Å²) in [6.45, 7) is 5.32. The van der Waals surface area contributed by atoms with E-state index in [-0.39, 0.29) is 11.6 Å². The van der Waals surface area contributed by atoms with E-state index in [1.165, 1.54) is 12.1 Å². The molecule has 0 aliphatic heterocycles. The average molecular weight is 234 g/mol. The SMILES string of the molecule is Cc1ccc(NC(=O)C(C#N)C(C)C)c(F)c1. The number of rotatable bonds is 3. The molecule has 1 rings (SSSR count). The van der Waals surface area contributed by atoms with Gasteiger partial charge in [-0.3, -0.25) is 4.79 Å². The first-order chi connectivity index (χ1) is 7.95. The Morgan fingerprint density at radius 2 is 2.12 bits per heavy atom. The number of hydrogen-bond donors (Lipinski definition) is 1. The predicted molar refractivity (Wildman–Crippen MR) is 63.7 cm³/mol. The molecule has 0 radical (unpaired) electrons. The maximum atomic E-state index is 13.5. The molecule has 4 heteroatoms. The first-order valence-electron chi connectivity index (χ1n) is 5.42. The molecule has 1 N–H and O–H groups in total. The van der Waals surface area contributed by atoms with Crippen molar-refractivity contribution in [1.29, 1.82) is 5.26 Å². The molecular formula is C13H15FN2O. The number of anilines is 1. The van der Waals surface area contributed by atoms with E-state index in [1.54, 1.807) is 26.8 Å². The van der Waals surface area contributed by atoms with Crippen molar-refractivity contribution in [2.24, 2.45) is 11.8 Å². The molecule has 1 atom stereocenters. The molecule has 0 aliphatic carbocycles. The van der Waals surface area contributed by atoms with Gasteiger partial charge in [-0.05, 0) is 30.5 Å². The highest BCUT2D eigenvalue weighted by molar-refractivity contribution is 5.94. The Morgan fingerprint density at radius 3 is 2.59 bits per heavy atom. The van der Waals surface area contributed by atoms with Crippen LogP contribution < -0.4 is 5.32 Å². The lowest BCUT2D eigenvalue weighted by atomic mass is 9.96. The number of aryl methyl sites for hydroxylation is 1. The maximum Gasteiger partial charge on any atom is 0.242 e. The van der Waals surface area contributed by atoms with Gasteiger partial charge in [-0.25, -0.2) is 4.39 Å². The summed E-state index contributed by atoms with van der Waals surface area (Å²) >= 11 is 0. The van der Waals surface area contributed by atoms with Gasteiger partial charge in [0.1, 0.15) is 11.7 Å². The number of benzene rings is 1. The van der Waals surface area contributed by atoms with Gasteiger partial charge in [-0.2, -0.15) is 5.26 Å². The summed E-state index contributed by atoms with van der Waals surface area (Å²) in [5.74, 6) is -1.83. The minimum atomic E-state index is -0.768. The van der Waals surface area contributed by atoms with Gasteiger partial charge < -0.3 is 5.32 Å². The van der Waals surface area contributed by atoms with Crippen molar-refractivity contribution >= 4 is 11.6 Å². The predicted octanol–water partition coefficient (Wildman–Crippen LogP) is 2.87. The fourth-order valence-electron chi connectivity index (χ4n) is 1.44. The van der Waals surface area contributed by atoms with E-state index in [1.807, 2.05) is 6.07 Å². The second kappa shape index (κ2) is 5.44. The van der Waals surface area contributed by atoms with E-state index in [9.17, 15) is 9.18 Å². The first-order valence-corrected chi connectivity index (χ1v) is 5.42. The molecule has 0 aliphatic rings. The molecule has 1 aromatic carbocycles. The van der Waals surface area contributed by atoms with Gasteiger partial charge in [-0.15, -0.1) is 0 Å². The van der Waals surface area contributed by atoms with Crippen molar-refractivity contribution < 1.29 is 9.18 Å². The average Bonchev–Trinajstić information content (AvgIpc) is 2.22. The van der Waals surface area contributed by atoms with Gasteiger partial charge in [0.15, 0.2) is 0 Å². The second-order valence-electron chi connectivity index (χ2n) is 4.32. The molecule has 0 fully saturated rings. The molecular weight excluding hydrogens is 219 g/mol. The standard InChI is InChI=1S/C13H15FN2O/c1-8(2)10(7-15)13(17)16-12-5-4-9(3)6-11(12)14/h4-6,8,10H,1-3H3,(H,16,17). The lowest BCUT2D eigenvalue weighted by Crippen LogP contribution is -2.26. The van der Waals surface area contributed by atoms with Gasteiger partial charge in [0.05, 0.1) is 11.8 Å². The number of nitrogens with zero attached hydrogens (tertiary/aromatic N) is 1. The molecule has 17 heavy (non-hydrogen) atoms. The van der Waals surface area contributed by atoms with Gasteiger partial charge in [-0.1, -0.05) is 19.9 Å². The molecule has 3 nitrogen and oxygen atoms in total. The highest BCUT2D eigenvalue weighted by Crippen LogP contribution is 2.18. The second-order valence-corrected chi connectivity index (χ2v) is 4.32. The highest BCUT2D eigenvalue weighted by atomic mass is 19.1. The van der Waals surface area contributed by atoms with Crippen molar-refractivity contribution in [3.63, 3.8) is 0 Å². The van der Waals surface area contributed by atoms with Crippen molar-refractivity contribution in [3.8, 4) is 6.07 Å². The van der Waals surface area contributed by atoms with Crippen LogP contribution in [0.2, 0.25) is 0 Å². The molecule has 0 aromatic heterocycles. The van der Waals surface area contributed by atoms with Crippen LogP contribution in [0.5, 0.6) is 0 Å². The number of carbonyl (C=O) groups is 1. The molecule has 1 unspecified atom stereocenters. The van der Waals surface area contributed by atoms with Crippen LogP contribution in [0.4, 0.5) is 10.1 Å². The van der Waals surface area contributed by atoms with Crippen LogP contribution in [0.3, 0.4) is 0 Å². The Balaban J connectivity index is 2.85. The molecule has 0 bridgehead atoms. The van der Waals surface area contributed by atoms with Gasteiger partial charge in [0.2, 0.25) is 5.91 Å². The zero-order valence-electron chi connectivity index (χ0n) is 10.1. The molecule has 0 spiro atoms. The van der Waals surface area contributed by atoms with Crippen LogP contribution in [0, 0.1) is 35.9 Å². The minimum Gasteiger partial charge on any atom is -0.322 e. The Hall–Kier alpha value is -1.89. The molecule has 1 amide bonds. The van der Waals surface area contributed by atoms with Crippen molar-refractivity contribution in [2.45, 2.75) is 20.8 Å². The number of nitrogens with one attached hydrogen (secondary N) is 1. The summed E-state index contributed by atoms with van der Waals surface area (Å²) in [7, 11) is 0. The van der Waals surface area contributed by atoms with Crippen molar-refractivity contribution in [2.75, 3.05) is 5.32 Å². The highest BCUT2D eigenvalue weighted by Gasteiger charge is 2.22. The quantitative estimate of drug-likeness (QED) is 0.874. The fourth-order valence-corrected chi connectivity index (χ4v) is 1.44. The third-order valence-corrected chi connectivity index (χ3v) is 2.47. The van der Waals surface area contributed by atoms with E-state index in [2.05, 4.69) is 5.32 Å². The van der Waals surface area contributed by atoms with Crippen LogP contribution >= 0.6 is 0 Å². The first kappa shape index (κ1) is 13.2. The minimum absolute atomic E-state index is 0.103. The van der Waals surface area contributed by atoms with Crippen LogP contribution in [-0.2, 0) is 4.79 Å². The summed E-state index contributed by atoms with van der Waals surface area (Å²) in [6.07, 6.45) is 0. The number of carbonyl (C=O) groups excluding carboxylic acids is 1. The molecule has 0 saturated heterocycles. The Kier molecular flexibility index (Phi) is 4.22. The summed E-state index contributed by atoms with van der Waals surface area (Å²) in [5, 5.41) is 11.3. The lowest BCUT2D eigenvalue weighted by molar-refractivity contribution is -0.119. The van der Waals surface area contributed by atoms with E-state index in [0.717, 1.165) is 5.56 Å². The third-order valence-electron chi connectivity index (χ3n) is 2.47. The summed E-state index contributed by atoms with van der Waals surface area (Å²) in [4.78, 5) is 11.7. The zero-order chi connectivity index (χ0) is 13.0. The van der Waals surface area contributed by atoms with Crippen molar-refractivity contribution in [3.05, 3.63) is 29.6 Å². The smallest absolute Gasteiger partial charge is 0.242 e. The largest absolute Gasteiger partial charge is 0.322 e. The number of nitriles is 1. The van der Waals surface area contributed by atoms with Crippen molar-refractivity contribution in [1.82, 2.24) is 0 Å². The molecule has 0 heterocycles. The van der Waals surface area contributed by atoms with Gasteiger partial charge in [0.25, 0.3) is 0 Å². The zero-order valence-corrected chi connectivity index (χ0v) is 10.1. The van der Waals surface area contributed by atoms with E-state index in [0.29, 0.717) is 0 Å². The third kappa shape index (κ3) is 3.28. The lowest BCUT2D eigenvalue weighted by Gasteiger charge is -2.13. The Bertz CT molecular complexity index is 463. The van der Waals surface area contributed by atoms with E-state index < -0.39 is 17.6 Å². The van der Waals surface area contributed by atoms with Gasteiger partial charge in [0, 0.05) is 0 Å². The Labute approximate surface area is 100 Å². The normalized spacial score (nSPS) is 12.0. The fraction of sp³-hybridized carbons (Fsp3) is 0.385. The molecule has 90 valence electrons. The van der Waals surface area contributed by atoms with Crippen LogP contribution in [0.15, 0.2) is 18.2 Å². The van der Waals surface area contributed by atoms with Crippen LogP contribution in [-0.4, -0.2) is 5.91 Å². The van der Waals surface area contributed by atoms with Crippen LogP contribution in [0.1, 0.15) is 19.4 Å². The number of amides is 1. The Morgan fingerprint density at radius 1 is 1.47 bits per heavy atom. The summed E-state index contributed by atoms with van der Waals surface area (Å²) in [6, 6.07) is 6.46. The van der Waals surface area contributed by atoms with E-state index >= 15 is 0 Å². The topological polar surface area (TPSA) is 52.9 Å². The number of hydrogen-bond acceptors (Lipinski definition) is 2.